The topological polar surface area (TPSA) is 178 Å². The van der Waals surface area contributed by atoms with Crippen LogP contribution in [0, 0.1) is 0 Å². The third-order valence-electron chi connectivity index (χ3n) is 12.0. The normalized spacial score (nSPS) is 10.8. The maximum Gasteiger partial charge on any atom is 0.255 e. The largest absolute Gasteiger partial charge is 0.382 e. The molecule has 0 radical (unpaired) electrons. The van der Waals surface area contributed by atoms with Gasteiger partial charge in [0.05, 0.1) is 34.3 Å². The average molecular weight is 1130 g/mol. The summed E-state index contributed by atoms with van der Waals surface area (Å²) in [5.74, 6) is 2.47. The van der Waals surface area contributed by atoms with Gasteiger partial charge in [-0.15, -0.1) is 0 Å². The fraction of sp³-hybridized carbons (Fsp3) is 0.0833. The van der Waals surface area contributed by atoms with E-state index in [9.17, 15) is 8.78 Å². The molecule has 394 valence electrons. The van der Waals surface area contributed by atoms with Crippen LogP contribution >= 0.6 is 46.4 Å². The van der Waals surface area contributed by atoms with Crippen molar-refractivity contribution in [1.29, 1.82) is 0 Å². The highest BCUT2D eigenvalue weighted by atomic mass is 35.5. The quantitative estimate of drug-likeness (QED) is 0.102. The molecule has 12 aromatic rings. The molecule has 0 aliphatic heterocycles. The first-order chi connectivity index (χ1) is 38.4. The lowest BCUT2D eigenvalue weighted by atomic mass is 10.0. The van der Waals surface area contributed by atoms with Crippen molar-refractivity contribution >= 4 is 113 Å². The zero-order chi connectivity index (χ0) is 55.3. The number of halogens is 6. The molecule has 0 fully saturated rings. The van der Waals surface area contributed by atoms with Gasteiger partial charge >= 0.3 is 0 Å². The average Bonchev–Trinajstić information content (AvgIpc) is 3.51. The summed E-state index contributed by atoms with van der Waals surface area (Å²) in [5.41, 5.74) is 17.7. The molecule has 0 saturated carbocycles. The highest BCUT2D eigenvalue weighted by Crippen LogP contribution is 2.32. The number of nitrogens with two attached hydrogens (primary N) is 1. The van der Waals surface area contributed by atoms with E-state index >= 15 is 0 Å². The number of nitrogens with zero attached hydrogens (tertiary/aromatic N) is 9. The second-order valence-corrected chi connectivity index (χ2v) is 19.0. The van der Waals surface area contributed by atoms with Gasteiger partial charge in [0.15, 0.2) is 5.82 Å². The Morgan fingerprint density at radius 1 is 0.430 bits per heavy atom. The molecule has 0 saturated heterocycles. The molecule has 19 heteroatoms. The third kappa shape index (κ3) is 14.1. The molecule has 12 rings (SSSR count). The zero-order valence-electron chi connectivity index (χ0n) is 42.3. The van der Waals surface area contributed by atoms with E-state index in [2.05, 4.69) is 85.9 Å². The maximum atomic E-state index is 12.4. The van der Waals surface area contributed by atoms with E-state index in [1.54, 1.807) is 18.7 Å². The minimum absolute atomic E-state index is 0.379. The van der Waals surface area contributed by atoms with Gasteiger partial charge in [-0.1, -0.05) is 113 Å². The monoisotopic (exact) mass is 1130 g/mol. The van der Waals surface area contributed by atoms with E-state index < -0.39 is 13.0 Å². The van der Waals surface area contributed by atoms with Gasteiger partial charge in [0.2, 0.25) is 0 Å². The Balaban J connectivity index is 0.000000128. The molecule has 0 aliphatic carbocycles. The van der Waals surface area contributed by atoms with Gasteiger partial charge in [0.1, 0.15) is 48.3 Å². The molecule has 0 unspecified atom stereocenters. The number of alkyl halides is 2. The van der Waals surface area contributed by atoms with Crippen molar-refractivity contribution in [2.75, 3.05) is 41.8 Å². The number of nitrogen functional groups attached to an aromatic ring is 1. The summed E-state index contributed by atoms with van der Waals surface area (Å²) in [6, 6.07) is 52.2. The van der Waals surface area contributed by atoms with E-state index in [4.69, 9.17) is 52.1 Å². The van der Waals surface area contributed by atoms with Gasteiger partial charge in [-0.3, -0.25) is 0 Å². The van der Waals surface area contributed by atoms with Gasteiger partial charge in [-0.05, 0) is 137 Å². The second kappa shape index (κ2) is 26.1. The Morgan fingerprint density at radius 2 is 0.810 bits per heavy atom. The highest BCUT2D eigenvalue weighted by molar-refractivity contribution is 6.32. The lowest BCUT2D eigenvalue weighted by Gasteiger charge is -2.09. The number of aromatic nitrogens is 9. The minimum Gasteiger partial charge on any atom is -0.382 e. The number of rotatable bonds is 10. The van der Waals surface area contributed by atoms with Crippen LogP contribution in [-0.4, -0.2) is 71.4 Å². The first kappa shape index (κ1) is 55.0. The summed E-state index contributed by atoms with van der Waals surface area (Å²) in [6.45, 7) is 2.43. The van der Waals surface area contributed by atoms with Crippen LogP contribution in [0.5, 0.6) is 0 Å². The van der Waals surface area contributed by atoms with Crippen LogP contribution in [0.1, 0.15) is 6.92 Å². The smallest absolute Gasteiger partial charge is 0.255 e. The number of fused-ring (bicyclic) bond motifs is 4. The van der Waals surface area contributed by atoms with Gasteiger partial charge in [-0.25, -0.2) is 53.6 Å². The van der Waals surface area contributed by atoms with Crippen molar-refractivity contribution in [2.24, 2.45) is 0 Å². The Kier molecular flexibility index (Phi) is 18.2. The van der Waals surface area contributed by atoms with Crippen LogP contribution in [0.25, 0.3) is 88.4 Å². The van der Waals surface area contributed by atoms with E-state index in [1.165, 1.54) is 12.7 Å². The summed E-state index contributed by atoms with van der Waals surface area (Å²) >= 11 is 24.1. The van der Waals surface area contributed by atoms with E-state index in [1.807, 2.05) is 147 Å². The van der Waals surface area contributed by atoms with Crippen LogP contribution < -0.4 is 21.7 Å². The molecule has 5 heterocycles. The number of hydrogen-bond donors (Lipinski definition) is 4. The summed E-state index contributed by atoms with van der Waals surface area (Å²) in [4.78, 5) is 37.8. The van der Waals surface area contributed by atoms with Gasteiger partial charge in [-0.2, -0.15) is 0 Å². The molecule has 5 aromatic heterocycles. The molecule has 0 atom stereocenters. The molecule has 7 aromatic carbocycles. The molecule has 0 bridgehead atoms. The third-order valence-corrected chi connectivity index (χ3v) is 13.0. The van der Waals surface area contributed by atoms with Crippen molar-refractivity contribution in [1.82, 2.24) is 44.9 Å². The second-order valence-electron chi connectivity index (χ2n) is 17.3. The summed E-state index contributed by atoms with van der Waals surface area (Å²) in [6.07, 6.45) is 3.49. The fourth-order valence-electron chi connectivity index (χ4n) is 8.30. The van der Waals surface area contributed by atoms with E-state index in [-0.39, 0.29) is 0 Å². The molecule has 13 nitrogen and oxygen atoms in total. The Labute approximate surface area is 473 Å². The predicted molar refractivity (Wildman–Crippen MR) is 320 cm³/mol. The standard InChI is InChI=1S/C16H12ClF2N3.C16H14ClN3.C15H12ClN3.C13H9ClN4/c17-12-3-1-2-10(6-12)11-4-5-14-13(7-11)16(22-9-21-14)20-8-15(18)19;1-2-18-16-14-9-12(6-7-15(14)19-10-20-16)11-4-3-5-13(17)8-11;1-17-15-13-8-11(5-6-14(13)18-9-19-15)10-3-2-4-12(16)7-10;14-9-3-1-2-8(6-9)10-4-5-11-12(18-10)13(15)17-7-16-11/h1-7,9,15H,8H2,(H,20,21,22);3-10H,2H2,1H3,(H,18,19,20);2-9H,1H3,(H,17,18,19);1-7H,(H2,15,16,17). The first-order valence-corrected chi connectivity index (χ1v) is 26.0. The molecule has 0 aliphatic rings. The van der Waals surface area contributed by atoms with Crippen molar-refractivity contribution in [3.63, 3.8) is 0 Å². The molecule has 5 N–H and O–H groups in total. The molecule has 0 amide bonds. The number of nitrogens with one attached hydrogen (secondary N) is 3. The number of pyridine rings is 1. The Morgan fingerprint density at radius 3 is 1.25 bits per heavy atom. The highest BCUT2D eigenvalue weighted by Gasteiger charge is 2.11. The predicted octanol–water partition coefficient (Wildman–Crippen LogP) is 15.9. The molecule has 79 heavy (non-hydrogen) atoms. The summed E-state index contributed by atoms with van der Waals surface area (Å²) in [5, 5.41) is 14.5. The molecular formula is C60H47Cl4F2N13. The van der Waals surface area contributed by atoms with Crippen LogP contribution in [0.4, 0.5) is 32.1 Å². The van der Waals surface area contributed by atoms with Crippen LogP contribution in [-0.2, 0) is 0 Å². The van der Waals surface area contributed by atoms with Crippen LogP contribution in [0.2, 0.25) is 20.1 Å². The SMILES string of the molecule is CCNc1ncnc2ccc(-c3cccc(Cl)c3)cc12.CNc1ncnc2ccc(-c3cccc(Cl)c3)cc12.FC(F)CNc1ncnc2ccc(-c3cccc(Cl)c3)cc12.Nc1ncnc2ccc(-c3cccc(Cl)c3)nc12. The van der Waals surface area contributed by atoms with Crippen molar-refractivity contribution in [2.45, 2.75) is 13.3 Å². The van der Waals surface area contributed by atoms with Gasteiger partial charge < -0.3 is 21.7 Å². The maximum absolute atomic E-state index is 12.4. The van der Waals surface area contributed by atoms with Crippen LogP contribution in [0.15, 0.2) is 189 Å². The lowest BCUT2D eigenvalue weighted by molar-refractivity contribution is 0.163. The van der Waals surface area contributed by atoms with Gasteiger partial charge in [0.25, 0.3) is 6.43 Å². The number of benzene rings is 7. The molecule has 0 spiro atoms. The zero-order valence-corrected chi connectivity index (χ0v) is 45.3. The minimum atomic E-state index is -2.44. The summed E-state index contributed by atoms with van der Waals surface area (Å²) in [7, 11) is 1.85. The van der Waals surface area contributed by atoms with Crippen molar-refractivity contribution in [3.05, 3.63) is 209 Å². The van der Waals surface area contributed by atoms with E-state index in [0.29, 0.717) is 38.1 Å². The fourth-order valence-corrected chi connectivity index (χ4v) is 9.06. The van der Waals surface area contributed by atoms with Gasteiger partial charge in [0, 0.05) is 55.4 Å². The Hall–Kier alpha value is -8.73. The van der Waals surface area contributed by atoms with Crippen molar-refractivity contribution < 1.29 is 8.78 Å². The molecular weight excluding hydrogens is 1080 g/mol. The van der Waals surface area contributed by atoms with Crippen molar-refractivity contribution in [3.8, 4) is 44.6 Å². The first-order valence-electron chi connectivity index (χ1n) is 24.5. The lowest BCUT2D eigenvalue weighted by Crippen LogP contribution is -2.11. The number of anilines is 4. The Bertz CT molecular complexity index is 4080. The van der Waals surface area contributed by atoms with E-state index in [0.717, 1.165) is 100 Å². The van der Waals surface area contributed by atoms with Crippen LogP contribution in [0.3, 0.4) is 0 Å². The number of hydrogen-bond acceptors (Lipinski definition) is 13. The summed E-state index contributed by atoms with van der Waals surface area (Å²) < 4.78 is 24.8.